The topological polar surface area (TPSA) is 83.5 Å². The van der Waals surface area contributed by atoms with E-state index in [-0.39, 0.29) is 6.04 Å². The number of hydrogen-bond donors (Lipinski definition) is 2. The van der Waals surface area contributed by atoms with E-state index < -0.39 is 11.1 Å². The predicted octanol–water partition coefficient (Wildman–Crippen LogP) is 2.33. The number of fused-ring (bicyclic) bond motifs is 1. The van der Waals surface area contributed by atoms with E-state index in [0.29, 0.717) is 26.6 Å². The summed E-state index contributed by atoms with van der Waals surface area (Å²) in [5, 5.41) is 0.627. The number of nitrogens with one attached hydrogen (secondary N) is 2. The molecular formula is C13H10Cl2N4O2. The number of rotatable bonds is 2. The second kappa shape index (κ2) is 5.05. The first-order chi connectivity index (χ1) is 9.99. The third-order valence-corrected chi connectivity index (χ3v) is 4.14. The number of aromatic amines is 2. The van der Waals surface area contributed by atoms with E-state index in [2.05, 4.69) is 15.0 Å². The molecule has 3 rings (SSSR count). The second-order valence-electron chi connectivity index (χ2n) is 4.60. The molecule has 0 fully saturated rings. The molecule has 0 bridgehead atoms. The number of imidazole rings is 1. The highest BCUT2D eigenvalue weighted by molar-refractivity contribution is 6.43. The van der Waals surface area contributed by atoms with Crippen LogP contribution in [0.4, 0.5) is 0 Å². The molecule has 3 aromatic rings. The number of halogens is 2. The summed E-state index contributed by atoms with van der Waals surface area (Å²) in [6, 6.07) is 1.29. The Morgan fingerprint density at radius 1 is 1.24 bits per heavy atom. The maximum Gasteiger partial charge on any atom is 0.314 e. The molecule has 2 aromatic heterocycles. The Hall–Kier alpha value is -2.05. The third kappa shape index (κ3) is 2.26. The molecule has 0 aliphatic carbocycles. The zero-order valence-corrected chi connectivity index (χ0v) is 12.4. The highest BCUT2D eigenvalue weighted by Crippen LogP contribution is 2.36. The van der Waals surface area contributed by atoms with Crippen molar-refractivity contribution in [1.29, 1.82) is 0 Å². The summed E-state index contributed by atoms with van der Waals surface area (Å²) in [5.41, 5.74) is 0.0266. The summed E-state index contributed by atoms with van der Waals surface area (Å²) >= 11 is 12.4. The molecule has 6 nitrogen and oxygen atoms in total. The van der Waals surface area contributed by atoms with Crippen LogP contribution in [0.2, 0.25) is 10.0 Å². The van der Waals surface area contributed by atoms with Crippen LogP contribution in [0, 0.1) is 0 Å². The van der Waals surface area contributed by atoms with Crippen molar-refractivity contribution in [3.8, 4) is 0 Å². The van der Waals surface area contributed by atoms with Gasteiger partial charge in [-0.25, -0.2) is 4.98 Å². The van der Waals surface area contributed by atoms with Gasteiger partial charge in [-0.05, 0) is 13.0 Å². The van der Waals surface area contributed by atoms with Crippen molar-refractivity contribution in [2.45, 2.75) is 13.0 Å². The van der Waals surface area contributed by atoms with Crippen molar-refractivity contribution in [3.63, 3.8) is 0 Å². The molecule has 0 spiro atoms. The largest absolute Gasteiger partial charge is 0.330 e. The van der Waals surface area contributed by atoms with Gasteiger partial charge in [-0.2, -0.15) is 0 Å². The lowest BCUT2D eigenvalue weighted by Crippen LogP contribution is -2.29. The maximum atomic E-state index is 11.6. The predicted molar refractivity (Wildman–Crippen MR) is 81.2 cm³/mol. The van der Waals surface area contributed by atoms with Gasteiger partial charge in [0.25, 0.3) is 0 Å². The van der Waals surface area contributed by atoms with Crippen LogP contribution in [0.5, 0.6) is 0 Å². The summed E-state index contributed by atoms with van der Waals surface area (Å²) in [4.78, 5) is 32.1. The van der Waals surface area contributed by atoms with Crippen LogP contribution < -0.4 is 11.1 Å². The number of H-pyrrole nitrogens is 2. The van der Waals surface area contributed by atoms with E-state index >= 15 is 0 Å². The summed E-state index contributed by atoms with van der Waals surface area (Å²) in [6.45, 7) is 1.89. The Kier molecular flexibility index (Phi) is 3.35. The minimum atomic E-state index is -0.736. The molecule has 0 aliphatic rings. The fourth-order valence-corrected chi connectivity index (χ4v) is 2.79. The van der Waals surface area contributed by atoms with E-state index in [1.165, 1.54) is 6.07 Å². The van der Waals surface area contributed by atoms with Gasteiger partial charge >= 0.3 is 11.1 Å². The second-order valence-corrected chi connectivity index (χ2v) is 5.39. The normalized spacial score (nSPS) is 12.7. The van der Waals surface area contributed by atoms with Crippen molar-refractivity contribution in [2.24, 2.45) is 0 Å². The first-order valence-electron chi connectivity index (χ1n) is 6.10. The molecule has 2 N–H and O–H groups in total. The van der Waals surface area contributed by atoms with Gasteiger partial charge in [0.05, 0.1) is 33.4 Å². The number of benzene rings is 1. The molecule has 21 heavy (non-hydrogen) atoms. The average Bonchev–Trinajstić information content (AvgIpc) is 2.96. The smallest absolute Gasteiger partial charge is 0.314 e. The molecule has 1 unspecified atom stereocenters. The number of nitrogens with zero attached hydrogens (tertiary/aromatic N) is 2. The van der Waals surface area contributed by atoms with Crippen LogP contribution in [0.3, 0.4) is 0 Å². The standard InChI is InChI=1S/C13H10Cl2N4O2/c1-6(19-3-2-16-5-19)9-10(15)7(14)4-8-11(9)18-13(21)12(20)17-8/h2-6H,1H3,(H,17,20)(H,18,21). The Labute approximate surface area is 128 Å². The van der Waals surface area contributed by atoms with Gasteiger partial charge in [-0.1, -0.05) is 23.2 Å². The van der Waals surface area contributed by atoms with Gasteiger partial charge in [-0.3, -0.25) is 9.59 Å². The summed E-state index contributed by atoms with van der Waals surface area (Å²) < 4.78 is 1.82. The molecule has 2 heterocycles. The summed E-state index contributed by atoms with van der Waals surface area (Å²) in [6.07, 6.45) is 5.05. The van der Waals surface area contributed by atoms with Crippen molar-refractivity contribution < 1.29 is 0 Å². The quantitative estimate of drug-likeness (QED) is 0.709. The van der Waals surface area contributed by atoms with Gasteiger partial charge in [-0.15, -0.1) is 0 Å². The highest BCUT2D eigenvalue weighted by Gasteiger charge is 2.19. The molecule has 0 saturated carbocycles. The van der Waals surface area contributed by atoms with Crippen LogP contribution in [0.25, 0.3) is 11.0 Å². The molecule has 1 atom stereocenters. The van der Waals surface area contributed by atoms with Crippen LogP contribution in [0.15, 0.2) is 34.4 Å². The molecule has 0 saturated heterocycles. The van der Waals surface area contributed by atoms with Gasteiger partial charge in [0, 0.05) is 18.0 Å². The van der Waals surface area contributed by atoms with E-state index in [0.717, 1.165) is 0 Å². The van der Waals surface area contributed by atoms with Gasteiger partial charge in [0.15, 0.2) is 0 Å². The van der Waals surface area contributed by atoms with Crippen LogP contribution >= 0.6 is 23.2 Å². The van der Waals surface area contributed by atoms with E-state index in [9.17, 15) is 9.59 Å². The molecule has 0 amide bonds. The van der Waals surface area contributed by atoms with Crippen LogP contribution in [-0.4, -0.2) is 19.5 Å². The Bertz CT molecular complexity index is 928. The van der Waals surface area contributed by atoms with E-state index in [1.807, 2.05) is 11.5 Å². The molecule has 0 radical (unpaired) electrons. The van der Waals surface area contributed by atoms with Crippen molar-refractivity contribution in [2.75, 3.05) is 0 Å². The van der Waals surface area contributed by atoms with E-state index in [4.69, 9.17) is 23.2 Å². The van der Waals surface area contributed by atoms with Crippen molar-refractivity contribution in [3.05, 3.63) is 61.1 Å². The van der Waals surface area contributed by atoms with Crippen molar-refractivity contribution >= 4 is 34.2 Å². The Morgan fingerprint density at radius 3 is 2.62 bits per heavy atom. The maximum absolute atomic E-state index is 11.6. The summed E-state index contributed by atoms with van der Waals surface area (Å²) in [5.74, 6) is 0. The first-order valence-corrected chi connectivity index (χ1v) is 6.86. The lowest BCUT2D eigenvalue weighted by atomic mass is 10.1. The molecule has 1 aromatic carbocycles. The molecular weight excluding hydrogens is 315 g/mol. The summed E-state index contributed by atoms with van der Waals surface area (Å²) in [7, 11) is 0. The van der Waals surface area contributed by atoms with Gasteiger partial charge in [0.1, 0.15) is 0 Å². The molecule has 0 aliphatic heterocycles. The fourth-order valence-electron chi connectivity index (χ4n) is 2.27. The van der Waals surface area contributed by atoms with Crippen LogP contribution in [-0.2, 0) is 0 Å². The van der Waals surface area contributed by atoms with Crippen molar-refractivity contribution in [1.82, 2.24) is 19.5 Å². The lowest BCUT2D eigenvalue weighted by molar-refractivity contribution is 0.642. The zero-order valence-electron chi connectivity index (χ0n) is 10.9. The SMILES string of the molecule is CC(c1c(Cl)c(Cl)cc2[nH]c(=O)c(=O)[nH]c12)n1ccnc1. The molecule has 8 heteroatoms. The van der Waals surface area contributed by atoms with Gasteiger partial charge in [0.2, 0.25) is 0 Å². The average molecular weight is 325 g/mol. The monoisotopic (exact) mass is 324 g/mol. The minimum Gasteiger partial charge on any atom is -0.330 e. The minimum absolute atomic E-state index is 0.220. The fraction of sp³-hybridized carbons (Fsp3) is 0.154. The lowest BCUT2D eigenvalue weighted by Gasteiger charge is -2.18. The third-order valence-electron chi connectivity index (χ3n) is 3.34. The van der Waals surface area contributed by atoms with Crippen LogP contribution in [0.1, 0.15) is 18.5 Å². The molecule has 108 valence electrons. The zero-order chi connectivity index (χ0) is 15.1. The van der Waals surface area contributed by atoms with Gasteiger partial charge < -0.3 is 14.5 Å². The number of aromatic nitrogens is 4. The first kappa shape index (κ1) is 13.9. The highest BCUT2D eigenvalue weighted by atomic mass is 35.5. The Balaban J connectivity index is 2.39. The van der Waals surface area contributed by atoms with E-state index in [1.54, 1.807) is 18.7 Å². The number of hydrogen-bond acceptors (Lipinski definition) is 3. The Morgan fingerprint density at radius 2 is 1.95 bits per heavy atom.